The van der Waals surface area contributed by atoms with E-state index in [-0.39, 0.29) is 11.5 Å². The average Bonchev–Trinajstić information content (AvgIpc) is 3.58. The van der Waals surface area contributed by atoms with Crippen LogP contribution in [-0.2, 0) is 0 Å². The molecule has 0 radical (unpaired) electrons. The van der Waals surface area contributed by atoms with Crippen LogP contribution in [-0.4, -0.2) is 15.1 Å². The molecule has 3 nitrogen and oxygen atoms in total. The van der Waals surface area contributed by atoms with Crippen LogP contribution in [0.2, 0.25) is 0 Å². The molecule has 0 bridgehead atoms. The molecule has 45 heavy (non-hydrogen) atoms. The van der Waals surface area contributed by atoms with Crippen LogP contribution in [0.4, 0.5) is 11.4 Å². The molecule has 216 valence electrons. The molecular formula is C42H33N3. The van der Waals surface area contributed by atoms with Gasteiger partial charge in [0.1, 0.15) is 5.82 Å². The smallest absolute Gasteiger partial charge is 0.138 e. The van der Waals surface area contributed by atoms with Gasteiger partial charge in [0.25, 0.3) is 0 Å². The molecule has 2 aromatic heterocycles. The Morgan fingerprint density at radius 3 is 2.47 bits per heavy atom. The molecule has 0 fully saturated rings. The van der Waals surface area contributed by atoms with Crippen LogP contribution >= 0.6 is 0 Å². The Morgan fingerprint density at radius 1 is 0.778 bits per heavy atom. The SMILES string of the molecule is CC12C=Cc3c(c4ccccc4n3-c3cccc(C4=CC=CCC4)n3)C1c1ccccc1N2c1cccc(-c2ccccc2)c1. The van der Waals surface area contributed by atoms with Gasteiger partial charge in [-0.25, -0.2) is 4.98 Å². The Kier molecular flexibility index (Phi) is 5.82. The van der Waals surface area contributed by atoms with Gasteiger partial charge < -0.3 is 4.90 Å². The molecule has 0 spiro atoms. The van der Waals surface area contributed by atoms with Gasteiger partial charge in [-0.2, -0.15) is 0 Å². The molecule has 9 rings (SSSR count). The lowest BCUT2D eigenvalue weighted by atomic mass is 9.74. The standard InChI is InChI=1S/C42H33N3/c1-42-27-26-38-40(33-20-8-10-23-36(33)44(38)39-25-13-22-35(43-39)30-16-6-3-7-17-30)41(42)34-21-9-11-24-37(34)45(42)32-19-12-18-31(28-32)29-14-4-2-5-15-29/h2-6,8-16,18-28,41H,7,17H2,1H3. The molecule has 4 aromatic carbocycles. The second-order valence-electron chi connectivity index (χ2n) is 12.5. The molecule has 0 amide bonds. The van der Waals surface area contributed by atoms with Crippen molar-refractivity contribution >= 4 is 33.9 Å². The number of aromatic nitrogens is 2. The third kappa shape index (κ3) is 3.93. The van der Waals surface area contributed by atoms with Crippen molar-refractivity contribution in [3.63, 3.8) is 0 Å². The number of anilines is 2. The summed E-state index contributed by atoms with van der Waals surface area (Å²) in [4.78, 5) is 7.82. The van der Waals surface area contributed by atoms with Crippen LogP contribution in [0, 0.1) is 0 Å². The summed E-state index contributed by atoms with van der Waals surface area (Å²) in [6, 6.07) is 44.0. The first kappa shape index (κ1) is 26.0. The van der Waals surface area contributed by atoms with Gasteiger partial charge in [-0.3, -0.25) is 4.57 Å². The zero-order chi connectivity index (χ0) is 30.0. The lowest BCUT2D eigenvalue weighted by Crippen LogP contribution is -2.43. The first-order valence-electron chi connectivity index (χ1n) is 15.9. The highest BCUT2D eigenvalue weighted by Gasteiger charge is 2.51. The summed E-state index contributed by atoms with van der Waals surface area (Å²) in [5, 5.41) is 1.29. The van der Waals surface area contributed by atoms with E-state index >= 15 is 0 Å². The monoisotopic (exact) mass is 579 g/mol. The summed E-state index contributed by atoms with van der Waals surface area (Å²) in [7, 11) is 0. The second-order valence-corrected chi connectivity index (χ2v) is 12.5. The highest BCUT2D eigenvalue weighted by atomic mass is 15.2. The Labute approximate surface area is 264 Å². The predicted octanol–water partition coefficient (Wildman–Crippen LogP) is 10.5. The normalized spacial score (nSPS) is 19.7. The molecule has 1 aliphatic heterocycles. The maximum Gasteiger partial charge on any atom is 0.138 e. The summed E-state index contributed by atoms with van der Waals surface area (Å²) in [6.45, 7) is 2.40. The van der Waals surface area contributed by atoms with E-state index in [9.17, 15) is 0 Å². The van der Waals surface area contributed by atoms with Crippen LogP contribution < -0.4 is 4.90 Å². The van der Waals surface area contributed by atoms with Crippen molar-refractivity contribution in [1.82, 2.24) is 9.55 Å². The van der Waals surface area contributed by atoms with Crippen molar-refractivity contribution in [3.05, 3.63) is 168 Å². The minimum atomic E-state index is -0.296. The van der Waals surface area contributed by atoms with E-state index in [1.165, 1.54) is 55.8 Å². The first-order valence-corrected chi connectivity index (χ1v) is 15.9. The molecule has 2 atom stereocenters. The van der Waals surface area contributed by atoms with E-state index in [4.69, 9.17) is 4.98 Å². The second kappa shape index (κ2) is 10.1. The van der Waals surface area contributed by atoms with Gasteiger partial charge >= 0.3 is 0 Å². The largest absolute Gasteiger partial charge is 0.331 e. The maximum absolute atomic E-state index is 5.26. The topological polar surface area (TPSA) is 21.1 Å². The number of nitrogens with zero attached hydrogens (tertiary/aromatic N) is 3. The Hall–Kier alpha value is -5.41. The highest BCUT2D eigenvalue weighted by molar-refractivity contribution is 5.95. The van der Waals surface area contributed by atoms with Gasteiger partial charge in [0.05, 0.1) is 22.4 Å². The maximum atomic E-state index is 5.26. The minimum Gasteiger partial charge on any atom is -0.331 e. The Bertz CT molecular complexity index is 2200. The van der Waals surface area contributed by atoms with Crippen LogP contribution in [0.15, 0.2) is 146 Å². The van der Waals surface area contributed by atoms with E-state index in [0.29, 0.717) is 0 Å². The van der Waals surface area contributed by atoms with Gasteiger partial charge in [0, 0.05) is 22.7 Å². The van der Waals surface area contributed by atoms with Crippen molar-refractivity contribution < 1.29 is 0 Å². The van der Waals surface area contributed by atoms with Crippen molar-refractivity contribution in [3.8, 4) is 16.9 Å². The molecular weight excluding hydrogens is 546 g/mol. The van der Waals surface area contributed by atoms with Crippen LogP contribution in [0.5, 0.6) is 0 Å². The molecule has 3 heteroatoms. The Balaban J connectivity index is 1.25. The minimum absolute atomic E-state index is 0.148. The summed E-state index contributed by atoms with van der Waals surface area (Å²) in [6.07, 6.45) is 13.5. The fourth-order valence-electron chi connectivity index (χ4n) is 7.92. The summed E-state index contributed by atoms with van der Waals surface area (Å²) < 4.78 is 2.38. The fourth-order valence-corrected chi connectivity index (χ4v) is 7.92. The number of para-hydroxylation sites is 2. The quantitative estimate of drug-likeness (QED) is 0.207. The zero-order valence-corrected chi connectivity index (χ0v) is 25.3. The average molecular weight is 580 g/mol. The van der Waals surface area contributed by atoms with Crippen molar-refractivity contribution in [2.75, 3.05) is 4.90 Å². The van der Waals surface area contributed by atoms with E-state index in [1.54, 1.807) is 0 Å². The third-order valence-electron chi connectivity index (χ3n) is 9.89. The molecule has 2 unspecified atom stereocenters. The molecule has 6 aromatic rings. The molecule has 3 heterocycles. The number of benzene rings is 4. The molecule has 0 saturated carbocycles. The number of fused-ring (bicyclic) bond motifs is 7. The Morgan fingerprint density at radius 2 is 1.58 bits per heavy atom. The summed E-state index contributed by atoms with van der Waals surface area (Å²) in [5.41, 5.74) is 12.1. The lowest BCUT2D eigenvalue weighted by molar-refractivity contribution is 0.533. The predicted molar refractivity (Wildman–Crippen MR) is 187 cm³/mol. The van der Waals surface area contributed by atoms with E-state index in [1.807, 2.05) is 0 Å². The molecule has 0 N–H and O–H groups in total. The summed E-state index contributed by atoms with van der Waals surface area (Å²) in [5.74, 6) is 1.11. The third-order valence-corrected chi connectivity index (χ3v) is 9.89. The van der Waals surface area contributed by atoms with Gasteiger partial charge in [-0.15, -0.1) is 0 Å². The lowest BCUT2D eigenvalue weighted by Gasteiger charge is -2.41. The van der Waals surface area contributed by atoms with Gasteiger partial charge in [-0.05, 0) is 90.1 Å². The number of hydrogen-bond acceptors (Lipinski definition) is 2. The van der Waals surface area contributed by atoms with Gasteiger partial charge in [-0.1, -0.05) is 109 Å². The van der Waals surface area contributed by atoms with Crippen molar-refractivity contribution in [1.29, 1.82) is 0 Å². The number of pyridine rings is 1. The first-order chi connectivity index (χ1) is 22.2. The molecule has 3 aliphatic rings. The zero-order valence-electron chi connectivity index (χ0n) is 25.3. The van der Waals surface area contributed by atoms with Crippen molar-refractivity contribution in [2.45, 2.75) is 31.2 Å². The van der Waals surface area contributed by atoms with Crippen LogP contribution in [0.25, 0.3) is 39.5 Å². The molecule has 2 aliphatic carbocycles. The number of rotatable bonds is 4. The fraction of sp³-hybridized carbons (Fsp3) is 0.119. The van der Waals surface area contributed by atoms with Gasteiger partial charge in [0.2, 0.25) is 0 Å². The number of hydrogen-bond donors (Lipinski definition) is 0. The van der Waals surface area contributed by atoms with Crippen LogP contribution in [0.1, 0.15) is 48.2 Å². The van der Waals surface area contributed by atoms with E-state index < -0.39 is 0 Å². The summed E-state index contributed by atoms with van der Waals surface area (Å²) >= 11 is 0. The van der Waals surface area contributed by atoms with E-state index in [2.05, 4.69) is 168 Å². The van der Waals surface area contributed by atoms with Gasteiger partial charge in [0.15, 0.2) is 0 Å². The molecule has 0 saturated heterocycles. The highest BCUT2D eigenvalue weighted by Crippen LogP contribution is 2.59. The van der Waals surface area contributed by atoms with E-state index in [0.717, 1.165) is 24.4 Å². The van der Waals surface area contributed by atoms with Crippen LogP contribution in [0.3, 0.4) is 0 Å². The van der Waals surface area contributed by atoms with Crippen molar-refractivity contribution in [2.24, 2.45) is 0 Å². The number of allylic oxidation sites excluding steroid dienone is 4.